The van der Waals surface area contributed by atoms with Crippen LogP contribution in [-0.4, -0.2) is 6.04 Å². The fraction of sp³-hybridized carbons (Fsp3) is 0.571. The summed E-state index contributed by atoms with van der Waals surface area (Å²) in [6.45, 7) is 8.48. The van der Waals surface area contributed by atoms with Crippen molar-refractivity contribution >= 4 is 0 Å². The molecular formula is C14H24N2. The van der Waals surface area contributed by atoms with Crippen molar-refractivity contribution < 1.29 is 0 Å². The van der Waals surface area contributed by atoms with Gasteiger partial charge in [-0.2, -0.15) is 0 Å². The summed E-state index contributed by atoms with van der Waals surface area (Å²) in [6.07, 6.45) is 1.94. The zero-order valence-electron chi connectivity index (χ0n) is 10.9. The van der Waals surface area contributed by atoms with Crippen LogP contribution in [0.5, 0.6) is 0 Å². The van der Waals surface area contributed by atoms with E-state index in [1.807, 2.05) is 6.92 Å². The topological polar surface area (TPSA) is 52.0 Å². The van der Waals surface area contributed by atoms with Crippen LogP contribution in [0.3, 0.4) is 0 Å². The minimum Gasteiger partial charge on any atom is -0.328 e. The van der Waals surface area contributed by atoms with Gasteiger partial charge in [-0.15, -0.1) is 0 Å². The van der Waals surface area contributed by atoms with Crippen LogP contribution in [0, 0.1) is 20.8 Å². The Morgan fingerprint density at radius 1 is 1.00 bits per heavy atom. The van der Waals surface area contributed by atoms with Crippen molar-refractivity contribution in [1.82, 2.24) is 0 Å². The highest BCUT2D eigenvalue weighted by molar-refractivity contribution is 5.40. The largest absolute Gasteiger partial charge is 0.328 e. The molecule has 2 nitrogen and oxygen atoms in total. The summed E-state index contributed by atoms with van der Waals surface area (Å²) in [4.78, 5) is 0. The van der Waals surface area contributed by atoms with Crippen LogP contribution in [0.15, 0.2) is 12.1 Å². The summed E-state index contributed by atoms with van der Waals surface area (Å²) in [5.41, 5.74) is 17.3. The summed E-state index contributed by atoms with van der Waals surface area (Å²) in [5.74, 6) is 0. The predicted octanol–water partition coefficient (Wildman–Crippen LogP) is 2.74. The average Bonchev–Trinajstić information content (AvgIpc) is 2.23. The Balaban J connectivity index is 2.84. The molecule has 0 radical (unpaired) electrons. The Morgan fingerprint density at radius 2 is 1.62 bits per heavy atom. The van der Waals surface area contributed by atoms with Crippen molar-refractivity contribution in [3.05, 3.63) is 34.4 Å². The van der Waals surface area contributed by atoms with Gasteiger partial charge in [0.15, 0.2) is 0 Å². The first-order valence-corrected chi connectivity index (χ1v) is 6.01. The highest BCUT2D eigenvalue weighted by atomic mass is 14.7. The maximum atomic E-state index is 6.21. The molecule has 1 aromatic carbocycles. The van der Waals surface area contributed by atoms with Gasteiger partial charge in [-0.25, -0.2) is 0 Å². The minimum atomic E-state index is 0.116. The lowest BCUT2D eigenvalue weighted by Gasteiger charge is -2.18. The van der Waals surface area contributed by atoms with Crippen molar-refractivity contribution in [2.75, 3.05) is 0 Å². The quantitative estimate of drug-likeness (QED) is 0.819. The molecule has 0 saturated heterocycles. The molecule has 4 N–H and O–H groups in total. The molecule has 1 aromatic rings. The molecule has 0 saturated carbocycles. The van der Waals surface area contributed by atoms with Gasteiger partial charge in [-0.05, 0) is 62.8 Å². The van der Waals surface area contributed by atoms with E-state index in [0.717, 1.165) is 12.8 Å². The van der Waals surface area contributed by atoms with Gasteiger partial charge in [0.1, 0.15) is 0 Å². The number of rotatable bonds is 4. The summed E-state index contributed by atoms with van der Waals surface area (Å²) in [7, 11) is 0. The maximum absolute atomic E-state index is 6.21. The first-order valence-electron chi connectivity index (χ1n) is 6.01. The highest BCUT2D eigenvalue weighted by Gasteiger charge is 2.11. The molecule has 90 valence electrons. The molecule has 0 bridgehead atoms. The van der Waals surface area contributed by atoms with E-state index >= 15 is 0 Å². The van der Waals surface area contributed by atoms with Gasteiger partial charge in [0.25, 0.3) is 0 Å². The zero-order valence-corrected chi connectivity index (χ0v) is 10.9. The second-order valence-electron chi connectivity index (χ2n) is 4.88. The van der Waals surface area contributed by atoms with Gasteiger partial charge in [-0.1, -0.05) is 12.1 Å². The van der Waals surface area contributed by atoms with Gasteiger partial charge in [0, 0.05) is 12.1 Å². The Bertz CT molecular complexity index is 356. The van der Waals surface area contributed by atoms with Crippen LogP contribution in [0.4, 0.5) is 0 Å². The van der Waals surface area contributed by atoms with Crippen molar-refractivity contribution in [2.45, 2.75) is 52.6 Å². The third kappa shape index (κ3) is 3.06. The maximum Gasteiger partial charge on any atom is 0.0298 e. The van der Waals surface area contributed by atoms with E-state index < -0.39 is 0 Å². The molecule has 0 fully saturated rings. The highest BCUT2D eigenvalue weighted by Crippen LogP contribution is 2.24. The van der Waals surface area contributed by atoms with E-state index in [1.165, 1.54) is 22.3 Å². The van der Waals surface area contributed by atoms with Gasteiger partial charge in [0.05, 0.1) is 0 Å². The number of hydrogen-bond acceptors (Lipinski definition) is 2. The van der Waals surface area contributed by atoms with Crippen LogP contribution in [0.2, 0.25) is 0 Å². The Morgan fingerprint density at radius 3 is 2.19 bits per heavy atom. The third-order valence-electron chi connectivity index (χ3n) is 3.43. The molecule has 0 heterocycles. The fourth-order valence-electron chi connectivity index (χ4n) is 1.98. The van der Waals surface area contributed by atoms with Crippen LogP contribution in [0.25, 0.3) is 0 Å². The van der Waals surface area contributed by atoms with Crippen LogP contribution in [-0.2, 0) is 0 Å². The van der Waals surface area contributed by atoms with Crippen LogP contribution >= 0.6 is 0 Å². The molecule has 0 amide bonds. The number of aryl methyl sites for hydroxylation is 1. The van der Waals surface area contributed by atoms with Gasteiger partial charge < -0.3 is 11.5 Å². The Hall–Kier alpha value is -0.860. The molecule has 0 aliphatic rings. The lowest BCUT2D eigenvalue weighted by molar-refractivity contribution is 0.553. The fourth-order valence-corrected chi connectivity index (χ4v) is 1.98. The van der Waals surface area contributed by atoms with E-state index in [4.69, 9.17) is 11.5 Å². The third-order valence-corrected chi connectivity index (χ3v) is 3.43. The SMILES string of the molecule is Cc1ccc(C(N)CCC(C)N)c(C)c1C. The van der Waals surface area contributed by atoms with E-state index in [2.05, 4.69) is 32.9 Å². The summed E-state index contributed by atoms with van der Waals surface area (Å²) in [6, 6.07) is 4.66. The van der Waals surface area contributed by atoms with Crippen molar-refractivity contribution in [2.24, 2.45) is 11.5 Å². The predicted molar refractivity (Wildman–Crippen MR) is 70.5 cm³/mol. The van der Waals surface area contributed by atoms with Gasteiger partial charge in [0.2, 0.25) is 0 Å². The summed E-state index contributed by atoms with van der Waals surface area (Å²) >= 11 is 0. The molecule has 0 aliphatic heterocycles. The smallest absolute Gasteiger partial charge is 0.0298 e. The number of hydrogen-bond donors (Lipinski definition) is 2. The van der Waals surface area contributed by atoms with Gasteiger partial charge in [-0.3, -0.25) is 0 Å². The summed E-state index contributed by atoms with van der Waals surface area (Å²) in [5, 5.41) is 0. The second-order valence-corrected chi connectivity index (χ2v) is 4.88. The van der Waals surface area contributed by atoms with E-state index in [9.17, 15) is 0 Å². The Kier molecular flexibility index (Phi) is 4.51. The molecule has 0 aromatic heterocycles. The Labute approximate surface area is 99.0 Å². The molecule has 2 atom stereocenters. The summed E-state index contributed by atoms with van der Waals surface area (Å²) < 4.78 is 0. The number of nitrogens with two attached hydrogens (primary N) is 2. The lowest BCUT2D eigenvalue weighted by Crippen LogP contribution is -2.19. The molecule has 2 unspecified atom stereocenters. The van der Waals surface area contributed by atoms with Crippen molar-refractivity contribution in [3.63, 3.8) is 0 Å². The van der Waals surface area contributed by atoms with E-state index in [0.29, 0.717) is 0 Å². The molecule has 0 aliphatic carbocycles. The molecule has 2 heteroatoms. The molecule has 1 rings (SSSR count). The first kappa shape index (κ1) is 13.2. The molecular weight excluding hydrogens is 196 g/mol. The van der Waals surface area contributed by atoms with Crippen LogP contribution in [0.1, 0.15) is 48.1 Å². The van der Waals surface area contributed by atoms with Crippen molar-refractivity contribution in [1.29, 1.82) is 0 Å². The lowest BCUT2D eigenvalue weighted by atomic mass is 9.92. The second kappa shape index (κ2) is 5.46. The molecule has 16 heavy (non-hydrogen) atoms. The van der Waals surface area contributed by atoms with E-state index in [-0.39, 0.29) is 12.1 Å². The van der Waals surface area contributed by atoms with Gasteiger partial charge >= 0.3 is 0 Å². The normalized spacial score (nSPS) is 14.9. The standard InChI is InChI=1S/C14H24N2/c1-9-5-7-13(12(4)11(9)3)14(16)8-6-10(2)15/h5,7,10,14H,6,8,15-16H2,1-4H3. The van der Waals surface area contributed by atoms with Crippen LogP contribution < -0.4 is 11.5 Å². The number of benzene rings is 1. The average molecular weight is 220 g/mol. The monoisotopic (exact) mass is 220 g/mol. The van der Waals surface area contributed by atoms with E-state index in [1.54, 1.807) is 0 Å². The molecule has 0 spiro atoms. The van der Waals surface area contributed by atoms with Crippen molar-refractivity contribution in [3.8, 4) is 0 Å². The minimum absolute atomic E-state index is 0.116. The first-order chi connectivity index (χ1) is 7.43. The zero-order chi connectivity index (χ0) is 12.3.